The molecule has 20 heavy (non-hydrogen) atoms. The summed E-state index contributed by atoms with van der Waals surface area (Å²) in [6.07, 6.45) is -0.331. The lowest BCUT2D eigenvalue weighted by molar-refractivity contribution is 0.0651. The van der Waals surface area contributed by atoms with Crippen LogP contribution in [0.3, 0.4) is 0 Å². The van der Waals surface area contributed by atoms with E-state index in [1.54, 1.807) is 31.4 Å². The molecule has 1 saturated heterocycles. The number of carbonyl (C=O) groups excluding carboxylic acids is 1. The van der Waals surface area contributed by atoms with Gasteiger partial charge >= 0.3 is 6.09 Å². The molecule has 110 valence electrons. The topological polar surface area (TPSA) is 98.9 Å². The monoisotopic (exact) mass is 300 g/mol. The fourth-order valence-corrected chi connectivity index (χ4v) is 2.84. The second-order valence-corrected chi connectivity index (χ2v) is 6.15. The number of likely N-dealkylation sites (tertiary alicyclic amines) is 1. The zero-order chi connectivity index (χ0) is 14.8. The number of rotatable bonds is 4. The number of primary sulfonamides is 1. The first kappa shape index (κ1) is 14.6. The minimum Gasteiger partial charge on any atom is -0.497 e. The summed E-state index contributed by atoms with van der Waals surface area (Å²) in [5.41, 5.74) is 0.784. The van der Waals surface area contributed by atoms with Gasteiger partial charge in [0.15, 0.2) is 5.37 Å². The molecule has 1 unspecified atom stereocenters. The number of carbonyl (C=O) groups is 1. The average molecular weight is 300 g/mol. The van der Waals surface area contributed by atoms with Crippen LogP contribution in [-0.4, -0.2) is 38.4 Å². The van der Waals surface area contributed by atoms with Crippen LogP contribution in [0.1, 0.15) is 12.0 Å². The van der Waals surface area contributed by atoms with Gasteiger partial charge in [-0.05, 0) is 17.7 Å². The van der Waals surface area contributed by atoms with Crippen molar-refractivity contribution < 1.29 is 22.7 Å². The SMILES string of the molecule is COc1ccc(COC(=O)N2CCC2S(N)(=O)=O)cc1. The highest BCUT2D eigenvalue weighted by Gasteiger charge is 2.40. The summed E-state index contributed by atoms with van der Waals surface area (Å²) in [7, 11) is -2.18. The summed E-state index contributed by atoms with van der Waals surface area (Å²) in [5.74, 6) is 0.706. The zero-order valence-corrected chi connectivity index (χ0v) is 11.8. The van der Waals surface area contributed by atoms with Crippen molar-refractivity contribution in [2.45, 2.75) is 18.4 Å². The maximum absolute atomic E-state index is 11.7. The van der Waals surface area contributed by atoms with Crippen LogP contribution in [-0.2, 0) is 21.4 Å². The first-order valence-electron chi connectivity index (χ1n) is 6.00. The number of sulfonamides is 1. The second kappa shape index (κ2) is 5.68. The first-order chi connectivity index (χ1) is 9.41. The molecule has 1 aromatic rings. The molecule has 1 aliphatic heterocycles. The van der Waals surface area contributed by atoms with Crippen molar-refractivity contribution in [3.63, 3.8) is 0 Å². The third-order valence-electron chi connectivity index (χ3n) is 3.10. The highest BCUT2D eigenvalue weighted by atomic mass is 32.2. The van der Waals surface area contributed by atoms with E-state index in [4.69, 9.17) is 14.6 Å². The van der Waals surface area contributed by atoms with E-state index in [0.717, 1.165) is 10.5 Å². The van der Waals surface area contributed by atoms with E-state index in [2.05, 4.69) is 0 Å². The van der Waals surface area contributed by atoms with Gasteiger partial charge in [-0.2, -0.15) is 0 Å². The smallest absolute Gasteiger partial charge is 0.411 e. The van der Waals surface area contributed by atoms with Crippen LogP contribution < -0.4 is 9.88 Å². The van der Waals surface area contributed by atoms with Crippen molar-refractivity contribution in [2.24, 2.45) is 5.14 Å². The van der Waals surface area contributed by atoms with Crippen molar-refractivity contribution in [1.82, 2.24) is 4.90 Å². The molecule has 1 amide bonds. The highest BCUT2D eigenvalue weighted by molar-refractivity contribution is 7.89. The molecule has 1 aliphatic rings. The highest BCUT2D eigenvalue weighted by Crippen LogP contribution is 2.22. The fourth-order valence-electron chi connectivity index (χ4n) is 1.86. The van der Waals surface area contributed by atoms with Gasteiger partial charge in [-0.15, -0.1) is 0 Å². The van der Waals surface area contributed by atoms with Crippen molar-refractivity contribution in [1.29, 1.82) is 0 Å². The summed E-state index contributed by atoms with van der Waals surface area (Å²) < 4.78 is 32.4. The number of hydrogen-bond donors (Lipinski definition) is 1. The average Bonchev–Trinajstić information content (AvgIpc) is 2.33. The van der Waals surface area contributed by atoms with Crippen LogP contribution >= 0.6 is 0 Å². The van der Waals surface area contributed by atoms with Crippen molar-refractivity contribution in [3.8, 4) is 5.75 Å². The van der Waals surface area contributed by atoms with Gasteiger partial charge in [0, 0.05) is 13.0 Å². The van der Waals surface area contributed by atoms with Gasteiger partial charge in [0.25, 0.3) is 0 Å². The first-order valence-corrected chi connectivity index (χ1v) is 7.60. The van der Waals surface area contributed by atoms with E-state index in [1.165, 1.54) is 0 Å². The summed E-state index contributed by atoms with van der Waals surface area (Å²) in [6, 6.07) is 7.03. The van der Waals surface area contributed by atoms with E-state index in [0.29, 0.717) is 18.7 Å². The molecule has 0 saturated carbocycles. The Hall–Kier alpha value is -1.80. The number of benzene rings is 1. The molecule has 1 aromatic carbocycles. The predicted molar refractivity (Wildman–Crippen MR) is 71.4 cm³/mol. The maximum Gasteiger partial charge on any atom is 0.411 e. The Kier molecular flexibility index (Phi) is 4.15. The molecule has 0 aromatic heterocycles. The Morgan fingerprint density at radius 2 is 2.05 bits per heavy atom. The van der Waals surface area contributed by atoms with Gasteiger partial charge in [-0.1, -0.05) is 12.1 Å². The maximum atomic E-state index is 11.7. The van der Waals surface area contributed by atoms with Gasteiger partial charge < -0.3 is 9.47 Å². The Morgan fingerprint density at radius 3 is 2.50 bits per heavy atom. The molecule has 0 bridgehead atoms. The Bertz CT molecular complexity index is 584. The zero-order valence-electron chi connectivity index (χ0n) is 11.0. The van der Waals surface area contributed by atoms with E-state index in [-0.39, 0.29) is 6.61 Å². The normalized spacial score (nSPS) is 18.3. The molecule has 0 aliphatic carbocycles. The summed E-state index contributed by atoms with van der Waals surface area (Å²) in [5, 5.41) is 4.05. The van der Waals surface area contributed by atoms with Crippen LogP contribution in [0.15, 0.2) is 24.3 Å². The molecular formula is C12H16N2O5S. The van der Waals surface area contributed by atoms with E-state index in [9.17, 15) is 13.2 Å². The number of amides is 1. The quantitative estimate of drug-likeness (QED) is 0.880. The van der Waals surface area contributed by atoms with Crippen LogP contribution in [0.2, 0.25) is 0 Å². The fraction of sp³-hybridized carbons (Fsp3) is 0.417. The van der Waals surface area contributed by atoms with Crippen molar-refractivity contribution in [2.75, 3.05) is 13.7 Å². The standard InChI is InChI=1S/C12H16N2O5S/c1-18-10-4-2-9(3-5-10)8-19-12(15)14-7-6-11(14)20(13,16)17/h2-5,11H,6-8H2,1H3,(H2,13,16,17). The summed E-state index contributed by atoms with van der Waals surface area (Å²) >= 11 is 0. The van der Waals surface area contributed by atoms with E-state index < -0.39 is 21.5 Å². The molecule has 1 heterocycles. The minimum atomic E-state index is -3.74. The number of methoxy groups -OCH3 is 1. The summed E-state index contributed by atoms with van der Waals surface area (Å²) in [4.78, 5) is 12.8. The van der Waals surface area contributed by atoms with Crippen LogP contribution in [0.5, 0.6) is 5.75 Å². The summed E-state index contributed by atoms with van der Waals surface area (Å²) in [6.45, 7) is 0.402. The second-order valence-electron chi connectivity index (χ2n) is 4.43. The lowest BCUT2D eigenvalue weighted by Crippen LogP contribution is -2.56. The Labute approximate surface area is 117 Å². The largest absolute Gasteiger partial charge is 0.497 e. The molecule has 2 rings (SSSR count). The molecule has 2 N–H and O–H groups in total. The van der Waals surface area contributed by atoms with Gasteiger partial charge in [0.2, 0.25) is 10.0 Å². The Morgan fingerprint density at radius 1 is 1.40 bits per heavy atom. The number of nitrogens with zero attached hydrogens (tertiary/aromatic N) is 1. The lowest BCUT2D eigenvalue weighted by atomic mass is 10.2. The van der Waals surface area contributed by atoms with Crippen molar-refractivity contribution >= 4 is 16.1 Å². The molecule has 7 nitrogen and oxygen atoms in total. The molecule has 0 spiro atoms. The molecule has 1 fully saturated rings. The molecule has 0 radical (unpaired) electrons. The van der Waals surface area contributed by atoms with Crippen molar-refractivity contribution in [3.05, 3.63) is 29.8 Å². The minimum absolute atomic E-state index is 0.0661. The van der Waals surface area contributed by atoms with E-state index in [1.807, 2.05) is 0 Å². The Balaban J connectivity index is 1.89. The number of ether oxygens (including phenoxy) is 2. The number of nitrogens with two attached hydrogens (primary N) is 1. The third kappa shape index (κ3) is 3.20. The van der Waals surface area contributed by atoms with Gasteiger partial charge in [0.1, 0.15) is 12.4 Å². The molecule has 1 atom stereocenters. The van der Waals surface area contributed by atoms with Crippen LogP contribution in [0.4, 0.5) is 4.79 Å². The molecular weight excluding hydrogens is 284 g/mol. The van der Waals surface area contributed by atoms with Crippen LogP contribution in [0, 0.1) is 0 Å². The number of hydrogen-bond acceptors (Lipinski definition) is 5. The molecule has 8 heteroatoms. The third-order valence-corrected chi connectivity index (χ3v) is 4.35. The lowest BCUT2D eigenvalue weighted by Gasteiger charge is -2.37. The van der Waals surface area contributed by atoms with Gasteiger partial charge in [-0.3, -0.25) is 4.90 Å². The van der Waals surface area contributed by atoms with Gasteiger partial charge in [0.05, 0.1) is 7.11 Å². The van der Waals surface area contributed by atoms with E-state index >= 15 is 0 Å². The van der Waals surface area contributed by atoms with Gasteiger partial charge in [-0.25, -0.2) is 18.4 Å². The van der Waals surface area contributed by atoms with Crippen LogP contribution in [0.25, 0.3) is 0 Å². The predicted octanol–water partition coefficient (Wildman–Crippen LogP) is 0.652.